The van der Waals surface area contributed by atoms with Crippen LogP contribution in [-0.4, -0.2) is 44.7 Å². The van der Waals surface area contributed by atoms with Crippen molar-refractivity contribution >= 4 is 16.0 Å². The summed E-state index contributed by atoms with van der Waals surface area (Å²) in [5.74, 6) is 0.615. The van der Waals surface area contributed by atoms with Gasteiger partial charge in [0.05, 0.1) is 30.3 Å². The molecule has 2 aromatic rings. The first-order valence-electron chi connectivity index (χ1n) is 9.38. The summed E-state index contributed by atoms with van der Waals surface area (Å²) in [6, 6.07) is 7.20. The van der Waals surface area contributed by atoms with E-state index >= 15 is 0 Å². The van der Waals surface area contributed by atoms with Crippen molar-refractivity contribution in [2.45, 2.75) is 37.1 Å². The highest BCUT2D eigenvalue weighted by atomic mass is 32.2. The van der Waals surface area contributed by atoms with Gasteiger partial charge in [-0.15, -0.1) is 0 Å². The second-order valence-corrected chi connectivity index (χ2v) is 8.68. The van der Waals surface area contributed by atoms with Crippen LogP contribution in [0.1, 0.15) is 29.7 Å². The third-order valence-corrected chi connectivity index (χ3v) is 6.47. The van der Waals surface area contributed by atoms with E-state index in [9.17, 15) is 8.42 Å². The molecule has 0 saturated carbocycles. The number of nitrogens with one attached hydrogen (secondary N) is 1. The Morgan fingerprint density at radius 2 is 1.85 bits per heavy atom. The third-order valence-electron chi connectivity index (χ3n) is 5.07. The zero-order valence-electron chi connectivity index (χ0n) is 15.2. The molecule has 1 aromatic carbocycles. The number of nitrogens with zero attached hydrogens (tertiary/aromatic N) is 3. The van der Waals surface area contributed by atoms with Crippen LogP contribution in [-0.2, 0) is 34.1 Å². The largest absolute Gasteiger partial charge is 0.378 e. The molecule has 0 radical (unpaired) electrons. The number of ether oxygens (including phenoxy) is 1. The first kappa shape index (κ1) is 18.3. The second-order valence-electron chi connectivity index (χ2n) is 6.91. The van der Waals surface area contributed by atoms with Gasteiger partial charge >= 0.3 is 0 Å². The molecule has 1 aliphatic carbocycles. The lowest BCUT2D eigenvalue weighted by molar-refractivity contribution is 0.122. The molecule has 0 spiro atoms. The summed E-state index contributed by atoms with van der Waals surface area (Å²) < 4.78 is 33.4. The predicted octanol–water partition coefficient (Wildman–Crippen LogP) is 1.67. The van der Waals surface area contributed by atoms with Crippen LogP contribution in [0, 0.1) is 0 Å². The SMILES string of the molecule is O=S(=O)(NCc1ccnc(N2CCOCC2)n1)c1ccc2c(c1)CCCC2. The summed E-state index contributed by atoms with van der Waals surface area (Å²) >= 11 is 0. The van der Waals surface area contributed by atoms with Crippen LogP contribution in [0.25, 0.3) is 0 Å². The molecule has 4 rings (SSSR count). The van der Waals surface area contributed by atoms with Gasteiger partial charge in [0.25, 0.3) is 0 Å². The molecule has 0 amide bonds. The number of sulfonamides is 1. The molecule has 0 unspecified atom stereocenters. The molecule has 27 heavy (non-hydrogen) atoms. The predicted molar refractivity (Wildman–Crippen MR) is 102 cm³/mol. The molecule has 7 nitrogen and oxygen atoms in total. The minimum Gasteiger partial charge on any atom is -0.378 e. The van der Waals surface area contributed by atoms with Gasteiger partial charge in [0.1, 0.15) is 0 Å². The number of benzene rings is 1. The monoisotopic (exact) mass is 388 g/mol. The van der Waals surface area contributed by atoms with Gasteiger partial charge in [-0.05, 0) is 55.0 Å². The first-order valence-corrected chi connectivity index (χ1v) is 10.9. The number of aromatic nitrogens is 2. The fraction of sp³-hybridized carbons (Fsp3) is 0.474. The van der Waals surface area contributed by atoms with E-state index in [-0.39, 0.29) is 6.54 Å². The summed E-state index contributed by atoms with van der Waals surface area (Å²) in [6.45, 7) is 2.92. The summed E-state index contributed by atoms with van der Waals surface area (Å²) in [5, 5.41) is 0. The minimum absolute atomic E-state index is 0.138. The minimum atomic E-state index is -3.57. The van der Waals surface area contributed by atoms with E-state index in [0.717, 1.165) is 37.9 Å². The van der Waals surface area contributed by atoms with Gasteiger partial charge in [0, 0.05) is 19.3 Å². The van der Waals surface area contributed by atoms with Crippen LogP contribution >= 0.6 is 0 Å². The standard InChI is InChI=1S/C19H24N4O3S/c24-27(25,18-6-5-15-3-1-2-4-16(15)13-18)21-14-17-7-8-20-19(22-17)23-9-11-26-12-10-23/h5-8,13,21H,1-4,9-12,14H2. The number of hydrogen-bond donors (Lipinski definition) is 1. The highest BCUT2D eigenvalue weighted by Crippen LogP contribution is 2.24. The summed E-state index contributed by atoms with van der Waals surface area (Å²) in [7, 11) is -3.57. The molecular formula is C19H24N4O3S. The van der Waals surface area contributed by atoms with Crippen molar-refractivity contribution in [3.05, 3.63) is 47.3 Å². The molecule has 2 aliphatic rings. The molecule has 144 valence electrons. The van der Waals surface area contributed by atoms with E-state index in [4.69, 9.17) is 4.74 Å². The molecule has 0 bridgehead atoms. The Morgan fingerprint density at radius 1 is 1.07 bits per heavy atom. The maximum atomic E-state index is 12.7. The van der Waals surface area contributed by atoms with E-state index in [1.165, 1.54) is 12.0 Å². The van der Waals surface area contributed by atoms with Crippen LogP contribution in [0.3, 0.4) is 0 Å². The number of rotatable bonds is 5. The molecule has 0 atom stereocenters. The molecule has 1 N–H and O–H groups in total. The lowest BCUT2D eigenvalue weighted by atomic mass is 9.92. The molecule has 1 aliphatic heterocycles. The van der Waals surface area contributed by atoms with Gasteiger partial charge in [0.2, 0.25) is 16.0 Å². The number of anilines is 1. The van der Waals surface area contributed by atoms with Crippen LogP contribution < -0.4 is 9.62 Å². The molecule has 8 heteroatoms. The molecule has 1 fully saturated rings. The van der Waals surface area contributed by atoms with Crippen LogP contribution in [0.5, 0.6) is 0 Å². The van der Waals surface area contributed by atoms with Gasteiger partial charge in [-0.25, -0.2) is 23.1 Å². The van der Waals surface area contributed by atoms with Crippen molar-refractivity contribution in [2.24, 2.45) is 0 Å². The van der Waals surface area contributed by atoms with Gasteiger partial charge < -0.3 is 9.64 Å². The normalized spacial score (nSPS) is 17.6. The van der Waals surface area contributed by atoms with Gasteiger partial charge in [0.15, 0.2) is 0 Å². The average molecular weight is 388 g/mol. The van der Waals surface area contributed by atoms with Crippen molar-refractivity contribution in [3.63, 3.8) is 0 Å². The van der Waals surface area contributed by atoms with Crippen molar-refractivity contribution in [1.82, 2.24) is 14.7 Å². The van der Waals surface area contributed by atoms with E-state index in [1.54, 1.807) is 18.3 Å². The number of fused-ring (bicyclic) bond motifs is 1. The Morgan fingerprint density at radius 3 is 2.67 bits per heavy atom. The zero-order chi connectivity index (χ0) is 18.7. The lowest BCUT2D eigenvalue weighted by Gasteiger charge is -2.26. The highest BCUT2D eigenvalue weighted by molar-refractivity contribution is 7.89. The Kier molecular flexibility index (Phi) is 5.38. The van der Waals surface area contributed by atoms with Crippen molar-refractivity contribution in [1.29, 1.82) is 0 Å². The topological polar surface area (TPSA) is 84.4 Å². The van der Waals surface area contributed by atoms with E-state index in [0.29, 0.717) is 29.8 Å². The number of aryl methyl sites for hydroxylation is 2. The summed E-state index contributed by atoms with van der Waals surface area (Å²) in [5.41, 5.74) is 3.07. The highest BCUT2D eigenvalue weighted by Gasteiger charge is 2.19. The fourth-order valence-corrected chi connectivity index (χ4v) is 4.58. The number of morpholine rings is 1. The smallest absolute Gasteiger partial charge is 0.240 e. The molecule has 1 aromatic heterocycles. The van der Waals surface area contributed by atoms with Gasteiger partial charge in [-0.3, -0.25) is 0 Å². The van der Waals surface area contributed by atoms with E-state index in [1.807, 2.05) is 17.0 Å². The first-order chi connectivity index (χ1) is 13.1. The van der Waals surface area contributed by atoms with Gasteiger partial charge in [-0.1, -0.05) is 6.07 Å². The Labute approximate surface area is 159 Å². The maximum absolute atomic E-state index is 12.7. The van der Waals surface area contributed by atoms with Crippen molar-refractivity contribution in [2.75, 3.05) is 31.2 Å². The zero-order valence-corrected chi connectivity index (χ0v) is 16.0. The van der Waals surface area contributed by atoms with Crippen molar-refractivity contribution in [3.8, 4) is 0 Å². The van der Waals surface area contributed by atoms with E-state index < -0.39 is 10.0 Å². The number of hydrogen-bond acceptors (Lipinski definition) is 6. The maximum Gasteiger partial charge on any atom is 0.240 e. The molecule has 1 saturated heterocycles. The molecular weight excluding hydrogens is 364 g/mol. The van der Waals surface area contributed by atoms with E-state index in [2.05, 4.69) is 14.7 Å². The molecule has 2 heterocycles. The van der Waals surface area contributed by atoms with Crippen LogP contribution in [0.4, 0.5) is 5.95 Å². The van der Waals surface area contributed by atoms with Crippen LogP contribution in [0.15, 0.2) is 35.4 Å². The van der Waals surface area contributed by atoms with Crippen LogP contribution in [0.2, 0.25) is 0 Å². The third kappa shape index (κ3) is 4.28. The Balaban J connectivity index is 1.46. The van der Waals surface area contributed by atoms with Gasteiger partial charge in [-0.2, -0.15) is 0 Å². The lowest BCUT2D eigenvalue weighted by Crippen LogP contribution is -2.37. The summed E-state index contributed by atoms with van der Waals surface area (Å²) in [4.78, 5) is 11.2. The Bertz CT molecular complexity index is 911. The summed E-state index contributed by atoms with van der Waals surface area (Å²) in [6.07, 6.45) is 5.95. The van der Waals surface area contributed by atoms with Crippen molar-refractivity contribution < 1.29 is 13.2 Å². The second kappa shape index (κ2) is 7.92. The average Bonchev–Trinajstić information content (AvgIpc) is 2.73. The quantitative estimate of drug-likeness (QED) is 0.839. The fourth-order valence-electron chi connectivity index (χ4n) is 3.53. The Hall–Kier alpha value is -2.03.